The summed E-state index contributed by atoms with van der Waals surface area (Å²) in [6, 6.07) is 0. The molecule has 3 heteroatoms. The topological polar surface area (TPSA) is 42.1 Å². The summed E-state index contributed by atoms with van der Waals surface area (Å²) in [4.78, 5) is 14.8. The summed E-state index contributed by atoms with van der Waals surface area (Å²) in [5.74, 6) is -0.211. The summed E-state index contributed by atoms with van der Waals surface area (Å²) in [5.41, 5.74) is 2.98. The Balaban J connectivity index is 2.95. The number of carbonyl (C=O) groups is 1. The van der Waals surface area contributed by atoms with Gasteiger partial charge < -0.3 is 9.72 Å². The van der Waals surface area contributed by atoms with Gasteiger partial charge in [0, 0.05) is 11.9 Å². The second kappa shape index (κ2) is 5.59. The second-order valence-electron chi connectivity index (χ2n) is 3.48. The Kier molecular flexibility index (Phi) is 4.40. The molecular weight excluding hydrogens is 190 g/mol. The van der Waals surface area contributed by atoms with E-state index in [2.05, 4.69) is 18.8 Å². The fraction of sp³-hybridized carbons (Fsp3) is 0.583. The van der Waals surface area contributed by atoms with Gasteiger partial charge in [0.15, 0.2) is 0 Å². The van der Waals surface area contributed by atoms with Crippen LogP contribution in [0.3, 0.4) is 0 Å². The fourth-order valence-corrected chi connectivity index (χ4v) is 1.74. The Morgan fingerprint density at radius 1 is 1.40 bits per heavy atom. The number of carbonyl (C=O) groups excluding carboxylic acids is 1. The second-order valence-corrected chi connectivity index (χ2v) is 3.48. The molecule has 0 saturated heterocycles. The molecule has 1 aromatic heterocycles. The maximum absolute atomic E-state index is 11.6. The van der Waals surface area contributed by atoms with Gasteiger partial charge in [-0.15, -0.1) is 0 Å². The minimum absolute atomic E-state index is 0.211. The lowest BCUT2D eigenvalue weighted by molar-refractivity contribution is 0.0525. The molecule has 0 radical (unpaired) electrons. The Bertz CT molecular complexity index is 328. The van der Waals surface area contributed by atoms with Crippen LogP contribution in [0, 0.1) is 0 Å². The molecule has 3 nitrogen and oxygen atoms in total. The van der Waals surface area contributed by atoms with Crippen molar-refractivity contribution in [3.63, 3.8) is 0 Å². The first kappa shape index (κ1) is 11.8. The summed E-state index contributed by atoms with van der Waals surface area (Å²) in [6.07, 6.45) is 4.66. The highest BCUT2D eigenvalue weighted by atomic mass is 16.5. The quantitative estimate of drug-likeness (QED) is 0.757. The number of hydrogen-bond acceptors (Lipinski definition) is 2. The van der Waals surface area contributed by atoms with Crippen molar-refractivity contribution in [3.05, 3.63) is 23.0 Å². The first-order chi connectivity index (χ1) is 7.24. The van der Waals surface area contributed by atoms with Crippen LogP contribution in [0.5, 0.6) is 0 Å². The fourth-order valence-electron chi connectivity index (χ4n) is 1.74. The van der Waals surface area contributed by atoms with Crippen molar-refractivity contribution in [2.45, 2.75) is 40.0 Å². The standard InChI is InChI=1S/C12H19NO2/c1-4-7-9-10(12(14)15-6-3)8-13-11(9)5-2/h8,13H,4-7H2,1-3H3. The SMILES string of the molecule is CCCc1c(C(=O)OCC)c[nH]c1CC. The van der Waals surface area contributed by atoms with E-state index in [0.29, 0.717) is 12.2 Å². The van der Waals surface area contributed by atoms with Crippen LogP contribution < -0.4 is 0 Å². The Labute approximate surface area is 90.8 Å². The van der Waals surface area contributed by atoms with Crippen LogP contribution >= 0.6 is 0 Å². The largest absolute Gasteiger partial charge is 0.462 e. The number of hydrogen-bond donors (Lipinski definition) is 1. The molecule has 1 aromatic rings. The van der Waals surface area contributed by atoms with E-state index in [1.54, 1.807) is 6.20 Å². The monoisotopic (exact) mass is 209 g/mol. The Morgan fingerprint density at radius 2 is 2.13 bits per heavy atom. The summed E-state index contributed by atoms with van der Waals surface area (Å²) >= 11 is 0. The smallest absolute Gasteiger partial charge is 0.339 e. The molecule has 1 heterocycles. The van der Waals surface area contributed by atoms with Crippen molar-refractivity contribution in [1.29, 1.82) is 0 Å². The van der Waals surface area contributed by atoms with Crippen molar-refractivity contribution in [1.82, 2.24) is 4.98 Å². The average molecular weight is 209 g/mol. The lowest BCUT2D eigenvalue weighted by atomic mass is 10.0. The van der Waals surface area contributed by atoms with E-state index in [0.717, 1.165) is 30.5 Å². The van der Waals surface area contributed by atoms with Crippen LogP contribution in [-0.2, 0) is 17.6 Å². The number of aryl methyl sites for hydroxylation is 1. The highest BCUT2D eigenvalue weighted by Gasteiger charge is 2.16. The molecule has 0 aromatic carbocycles. The lowest BCUT2D eigenvalue weighted by Gasteiger charge is -2.04. The number of esters is 1. The first-order valence-electron chi connectivity index (χ1n) is 5.60. The molecule has 0 aliphatic heterocycles. The molecule has 0 aliphatic rings. The predicted octanol–water partition coefficient (Wildman–Crippen LogP) is 2.71. The molecule has 0 saturated carbocycles. The van der Waals surface area contributed by atoms with Crippen LogP contribution in [0.25, 0.3) is 0 Å². The van der Waals surface area contributed by atoms with Crippen molar-refractivity contribution < 1.29 is 9.53 Å². The van der Waals surface area contributed by atoms with Gasteiger partial charge in [0.25, 0.3) is 0 Å². The van der Waals surface area contributed by atoms with E-state index in [1.165, 1.54) is 0 Å². The van der Waals surface area contributed by atoms with Gasteiger partial charge in [-0.05, 0) is 25.3 Å². The minimum atomic E-state index is -0.211. The van der Waals surface area contributed by atoms with E-state index in [1.807, 2.05) is 6.92 Å². The van der Waals surface area contributed by atoms with Gasteiger partial charge in [0.2, 0.25) is 0 Å². The maximum Gasteiger partial charge on any atom is 0.339 e. The number of aromatic amines is 1. The summed E-state index contributed by atoms with van der Waals surface area (Å²) in [6.45, 7) is 6.45. The summed E-state index contributed by atoms with van der Waals surface area (Å²) in [7, 11) is 0. The number of nitrogens with one attached hydrogen (secondary N) is 1. The number of H-pyrrole nitrogens is 1. The van der Waals surface area contributed by atoms with Crippen LogP contribution in [0.1, 0.15) is 48.8 Å². The predicted molar refractivity (Wildman–Crippen MR) is 60.1 cm³/mol. The summed E-state index contributed by atoms with van der Waals surface area (Å²) in [5, 5.41) is 0. The highest BCUT2D eigenvalue weighted by molar-refractivity contribution is 5.91. The van der Waals surface area contributed by atoms with E-state index in [9.17, 15) is 4.79 Å². The van der Waals surface area contributed by atoms with Gasteiger partial charge >= 0.3 is 5.97 Å². The van der Waals surface area contributed by atoms with E-state index >= 15 is 0 Å². The van der Waals surface area contributed by atoms with Crippen LogP contribution in [0.4, 0.5) is 0 Å². The average Bonchev–Trinajstić information content (AvgIpc) is 2.62. The van der Waals surface area contributed by atoms with Crippen LogP contribution in [-0.4, -0.2) is 17.6 Å². The van der Waals surface area contributed by atoms with Gasteiger partial charge in [-0.1, -0.05) is 20.3 Å². The molecule has 1 rings (SSSR count). The molecule has 15 heavy (non-hydrogen) atoms. The third-order valence-electron chi connectivity index (χ3n) is 2.43. The molecule has 0 fully saturated rings. The van der Waals surface area contributed by atoms with Crippen molar-refractivity contribution in [2.75, 3.05) is 6.61 Å². The van der Waals surface area contributed by atoms with Gasteiger partial charge in [-0.25, -0.2) is 4.79 Å². The zero-order chi connectivity index (χ0) is 11.3. The van der Waals surface area contributed by atoms with Crippen LogP contribution in [0.2, 0.25) is 0 Å². The number of aromatic nitrogens is 1. The molecule has 1 N–H and O–H groups in total. The van der Waals surface area contributed by atoms with E-state index < -0.39 is 0 Å². The van der Waals surface area contributed by atoms with E-state index in [-0.39, 0.29) is 5.97 Å². The van der Waals surface area contributed by atoms with Gasteiger partial charge in [-0.2, -0.15) is 0 Å². The highest BCUT2D eigenvalue weighted by Crippen LogP contribution is 2.18. The summed E-state index contributed by atoms with van der Waals surface area (Å²) < 4.78 is 5.01. The first-order valence-corrected chi connectivity index (χ1v) is 5.60. The minimum Gasteiger partial charge on any atom is -0.462 e. The lowest BCUT2D eigenvalue weighted by Crippen LogP contribution is -2.06. The van der Waals surface area contributed by atoms with Gasteiger partial charge in [0.05, 0.1) is 12.2 Å². The third-order valence-corrected chi connectivity index (χ3v) is 2.43. The van der Waals surface area contributed by atoms with Gasteiger partial charge in [-0.3, -0.25) is 0 Å². The molecule has 84 valence electrons. The Morgan fingerprint density at radius 3 is 2.67 bits per heavy atom. The molecule has 0 spiro atoms. The van der Waals surface area contributed by atoms with Crippen molar-refractivity contribution in [2.24, 2.45) is 0 Å². The normalized spacial score (nSPS) is 10.3. The number of ether oxygens (including phenoxy) is 1. The zero-order valence-corrected chi connectivity index (χ0v) is 9.72. The molecule has 0 bridgehead atoms. The third kappa shape index (κ3) is 2.61. The molecule has 0 amide bonds. The maximum atomic E-state index is 11.6. The molecule has 0 aliphatic carbocycles. The molecule has 0 atom stereocenters. The number of rotatable bonds is 5. The molecule has 0 unspecified atom stereocenters. The Hall–Kier alpha value is -1.25. The van der Waals surface area contributed by atoms with Gasteiger partial charge in [0.1, 0.15) is 0 Å². The van der Waals surface area contributed by atoms with Crippen molar-refractivity contribution in [3.8, 4) is 0 Å². The van der Waals surface area contributed by atoms with E-state index in [4.69, 9.17) is 4.74 Å². The van der Waals surface area contributed by atoms with Crippen LogP contribution in [0.15, 0.2) is 6.20 Å². The zero-order valence-electron chi connectivity index (χ0n) is 9.72. The molecular formula is C12H19NO2. The van der Waals surface area contributed by atoms with Crippen molar-refractivity contribution >= 4 is 5.97 Å².